The average molecular weight is 240 g/mol. The van der Waals surface area contributed by atoms with E-state index in [9.17, 15) is 9.59 Å². The number of fused-ring (bicyclic) bond motifs is 1. The highest BCUT2D eigenvalue weighted by molar-refractivity contribution is 6.34. The molecule has 0 saturated heterocycles. The Bertz CT molecular complexity index is 459. The zero-order valence-electron chi connectivity index (χ0n) is 8.37. The largest absolute Gasteiger partial charge is 0.481 e. The Morgan fingerprint density at radius 1 is 1.56 bits per heavy atom. The molecule has 1 heterocycles. The number of carbonyl (C=O) groups excluding carboxylic acids is 1. The summed E-state index contributed by atoms with van der Waals surface area (Å²) in [4.78, 5) is 22.1. The van der Waals surface area contributed by atoms with Crippen molar-refractivity contribution in [2.45, 2.75) is 18.8 Å². The van der Waals surface area contributed by atoms with Crippen molar-refractivity contribution in [1.29, 1.82) is 0 Å². The van der Waals surface area contributed by atoms with Crippen LogP contribution in [0.1, 0.15) is 24.3 Å². The molecule has 1 atom stereocenters. The maximum Gasteiger partial charge on any atom is 0.303 e. The molecule has 2 N–H and O–H groups in total. The normalized spacial score (nSPS) is 18.8. The first-order chi connectivity index (χ1) is 7.58. The van der Waals surface area contributed by atoms with Crippen molar-refractivity contribution in [3.05, 3.63) is 28.8 Å². The van der Waals surface area contributed by atoms with Gasteiger partial charge in [0.25, 0.3) is 0 Å². The highest BCUT2D eigenvalue weighted by atomic mass is 35.5. The predicted molar refractivity (Wildman–Crippen MR) is 59.7 cm³/mol. The first-order valence-electron chi connectivity index (χ1n) is 4.88. The number of aliphatic carboxylic acids is 1. The number of carboxylic acid groups (broad SMARTS) is 1. The van der Waals surface area contributed by atoms with E-state index in [1.54, 1.807) is 18.2 Å². The Morgan fingerprint density at radius 3 is 3.00 bits per heavy atom. The fourth-order valence-corrected chi connectivity index (χ4v) is 2.16. The van der Waals surface area contributed by atoms with Gasteiger partial charge in [0.2, 0.25) is 5.91 Å². The molecule has 0 aromatic heterocycles. The maximum absolute atomic E-state index is 11.4. The van der Waals surface area contributed by atoms with Crippen LogP contribution in [-0.2, 0) is 9.59 Å². The lowest BCUT2D eigenvalue weighted by atomic mass is 9.88. The summed E-state index contributed by atoms with van der Waals surface area (Å²) in [6, 6.07) is 5.23. The third kappa shape index (κ3) is 2.02. The number of rotatable bonds is 2. The fourth-order valence-electron chi connectivity index (χ4n) is 1.93. The number of halogens is 1. The van der Waals surface area contributed by atoms with Gasteiger partial charge in [0.15, 0.2) is 0 Å². The van der Waals surface area contributed by atoms with Crippen molar-refractivity contribution in [2.75, 3.05) is 5.32 Å². The van der Waals surface area contributed by atoms with Crippen LogP contribution in [0.25, 0.3) is 0 Å². The zero-order chi connectivity index (χ0) is 11.7. The second-order valence-corrected chi connectivity index (χ2v) is 4.16. The quantitative estimate of drug-likeness (QED) is 0.832. The van der Waals surface area contributed by atoms with Crippen LogP contribution in [0.3, 0.4) is 0 Å². The van der Waals surface area contributed by atoms with E-state index in [2.05, 4.69) is 5.32 Å². The molecule has 1 amide bonds. The number of para-hydroxylation sites is 1. The van der Waals surface area contributed by atoms with Gasteiger partial charge >= 0.3 is 5.97 Å². The predicted octanol–water partition coefficient (Wildman–Crippen LogP) is 2.24. The number of carbonyl (C=O) groups is 2. The summed E-state index contributed by atoms with van der Waals surface area (Å²) in [6.45, 7) is 0. The first-order valence-corrected chi connectivity index (χ1v) is 5.26. The van der Waals surface area contributed by atoms with Crippen LogP contribution in [0.4, 0.5) is 5.69 Å². The highest BCUT2D eigenvalue weighted by Crippen LogP contribution is 2.38. The number of anilines is 1. The van der Waals surface area contributed by atoms with Crippen molar-refractivity contribution in [1.82, 2.24) is 0 Å². The summed E-state index contributed by atoms with van der Waals surface area (Å²) in [7, 11) is 0. The first kappa shape index (κ1) is 11.0. The van der Waals surface area contributed by atoms with Crippen LogP contribution >= 0.6 is 11.6 Å². The number of nitrogens with one attached hydrogen (secondary N) is 1. The van der Waals surface area contributed by atoms with Crippen LogP contribution < -0.4 is 5.32 Å². The van der Waals surface area contributed by atoms with Gasteiger partial charge in [0, 0.05) is 12.3 Å². The summed E-state index contributed by atoms with van der Waals surface area (Å²) in [5.41, 5.74) is 1.35. The molecule has 0 saturated carbocycles. The molecule has 1 aromatic carbocycles. The molecule has 1 aliphatic rings. The Kier molecular flexibility index (Phi) is 2.83. The van der Waals surface area contributed by atoms with Gasteiger partial charge in [-0.3, -0.25) is 9.59 Å². The van der Waals surface area contributed by atoms with E-state index in [4.69, 9.17) is 16.7 Å². The van der Waals surface area contributed by atoms with Crippen LogP contribution in [0.2, 0.25) is 5.02 Å². The summed E-state index contributed by atoms with van der Waals surface area (Å²) in [5.74, 6) is -1.39. The molecule has 4 nitrogen and oxygen atoms in total. The SMILES string of the molecule is O=C(O)CC1CC(=O)Nc2c(Cl)cccc21. The summed E-state index contributed by atoms with van der Waals surface area (Å²) >= 11 is 5.95. The van der Waals surface area contributed by atoms with Crippen molar-refractivity contribution in [3.63, 3.8) is 0 Å². The van der Waals surface area contributed by atoms with Crippen molar-refractivity contribution < 1.29 is 14.7 Å². The molecule has 0 bridgehead atoms. The monoisotopic (exact) mass is 239 g/mol. The van der Waals surface area contributed by atoms with Gasteiger partial charge in [-0.1, -0.05) is 23.7 Å². The minimum absolute atomic E-state index is 0.0548. The molecule has 1 unspecified atom stereocenters. The van der Waals surface area contributed by atoms with Crippen LogP contribution in [-0.4, -0.2) is 17.0 Å². The molecule has 0 radical (unpaired) electrons. The molecule has 0 aliphatic carbocycles. The van der Waals surface area contributed by atoms with E-state index in [-0.39, 0.29) is 24.7 Å². The molecule has 0 spiro atoms. The minimum Gasteiger partial charge on any atom is -0.481 e. The summed E-state index contributed by atoms with van der Waals surface area (Å²) < 4.78 is 0. The van der Waals surface area contributed by atoms with E-state index < -0.39 is 5.97 Å². The van der Waals surface area contributed by atoms with Crippen LogP contribution in [0, 0.1) is 0 Å². The Balaban J connectivity index is 2.41. The lowest BCUT2D eigenvalue weighted by Gasteiger charge is -2.25. The Morgan fingerprint density at radius 2 is 2.31 bits per heavy atom. The van der Waals surface area contributed by atoms with E-state index in [1.165, 1.54) is 0 Å². The van der Waals surface area contributed by atoms with Gasteiger partial charge in [-0.15, -0.1) is 0 Å². The summed E-state index contributed by atoms with van der Waals surface area (Å²) in [6.07, 6.45) is 0.139. The Labute approximate surface area is 97.2 Å². The lowest BCUT2D eigenvalue weighted by molar-refractivity contribution is -0.137. The number of carboxylic acids is 1. The van der Waals surface area contributed by atoms with Gasteiger partial charge in [0.05, 0.1) is 17.1 Å². The topological polar surface area (TPSA) is 66.4 Å². The molecule has 84 valence electrons. The molecule has 0 fully saturated rings. The highest BCUT2D eigenvalue weighted by Gasteiger charge is 2.27. The van der Waals surface area contributed by atoms with Crippen LogP contribution in [0.5, 0.6) is 0 Å². The number of amides is 1. The zero-order valence-corrected chi connectivity index (χ0v) is 9.12. The molecule has 2 rings (SSSR count). The second-order valence-electron chi connectivity index (χ2n) is 3.75. The van der Waals surface area contributed by atoms with E-state index >= 15 is 0 Å². The fraction of sp³-hybridized carbons (Fsp3) is 0.273. The number of benzene rings is 1. The Hall–Kier alpha value is -1.55. The maximum atomic E-state index is 11.4. The van der Waals surface area contributed by atoms with E-state index in [0.717, 1.165) is 5.56 Å². The third-order valence-corrected chi connectivity index (χ3v) is 2.92. The van der Waals surface area contributed by atoms with E-state index in [1.807, 2.05) is 0 Å². The van der Waals surface area contributed by atoms with Crippen molar-refractivity contribution in [3.8, 4) is 0 Å². The van der Waals surface area contributed by atoms with E-state index in [0.29, 0.717) is 10.7 Å². The molecule has 16 heavy (non-hydrogen) atoms. The number of hydrogen-bond acceptors (Lipinski definition) is 2. The van der Waals surface area contributed by atoms with Gasteiger partial charge in [-0.25, -0.2) is 0 Å². The van der Waals surface area contributed by atoms with Crippen molar-refractivity contribution in [2.24, 2.45) is 0 Å². The van der Waals surface area contributed by atoms with Gasteiger partial charge < -0.3 is 10.4 Å². The van der Waals surface area contributed by atoms with Crippen LogP contribution in [0.15, 0.2) is 18.2 Å². The van der Waals surface area contributed by atoms with Crippen molar-refractivity contribution >= 4 is 29.2 Å². The molecule has 1 aliphatic heterocycles. The van der Waals surface area contributed by atoms with Gasteiger partial charge in [-0.05, 0) is 11.6 Å². The van der Waals surface area contributed by atoms with Gasteiger partial charge in [0.1, 0.15) is 0 Å². The summed E-state index contributed by atoms with van der Waals surface area (Å²) in [5, 5.41) is 11.9. The average Bonchev–Trinajstić information content (AvgIpc) is 2.18. The lowest BCUT2D eigenvalue weighted by Crippen LogP contribution is -2.24. The number of hydrogen-bond donors (Lipinski definition) is 2. The smallest absolute Gasteiger partial charge is 0.303 e. The minimum atomic E-state index is -0.911. The molecular formula is C11H10ClNO3. The van der Waals surface area contributed by atoms with Gasteiger partial charge in [-0.2, -0.15) is 0 Å². The second kappa shape index (κ2) is 4.14. The molecule has 5 heteroatoms. The molecule has 1 aromatic rings. The standard InChI is InChI=1S/C11H10ClNO3/c12-8-3-1-2-7-6(5-10(15)16)4-9(14)13-11(7)8/h1-3,6H,4-5H2,(H,13,14)(H,15,16). The third-order valence-electron chi connectivity index (χ3n) is 2.60. The molecular weight excluding hydrogens is 230 g/mol.